The van der Waals surface area contributed by atoms with Gasteiger partial charge in [-0.05, 0) is 90.6 Å². The maximum atomic E-state index is 13.6. The Hall–Kier alpha value is -3.70. The van der Waals surface area contributed by atoms with Crippen LogP contribution in [0.25, 0.3) is 5.57 Å². The number of carbonyl (C=O) groups is 1. The van der Waals surface area contributed by atoms with Gasteiger partial charge in [-0.1, -0.05) is 27.7 Å². The van der Waals surface area contributed by atoms with E-state index in [1.165, 1.54) is 4.90 Å². The molecular weight excluding hydrogens is 614 g/mol. The lowest BCUT2D eigenvalue weighted by molar-refractivity contribution is -0.143. The van der Waals surface area contributed by atoms with Gasteiger partial charge < -0.3 is 14.2 Å². The molecule has 1 amide bonds. The lowest BCUT2D eigenvalue weighted by Crippen LogP contribution is -2.35. The van der Waals surface area contributed by atoms with Gasteiger partial charge >= 0.3 is 18.4 Å². The van der Waals surface area contributed by atoms with Crippen molar-refractivity contribution in [3.8, 4) is 5.75 Å². The predicted octanol–water partition coefficient (Wildman–Crippen LogP) is 9.08. The molecule has 0 N–H and O–H groups in total. The molecule has 3 aliphatic rings. The van der Waals surface area contributed by atoms with Crippen LogP contribution in [0.2, 0.25) is 0 Å². The van der Waals surface area contributed by atoms with Crippen LogP contribution in [0.5, 0.6) is 5.75 Å². The van der Waals surface area contributed by atoms with Crippen molar-refractivity contribution in [2.24, 2.45) is 16.3 Å². The lowest BCUT2D eigenvalue weighted by Gasteiger charge is -2.36. The van der Waals surface area contributed by atoms with Gasteiger partial charge in [-0.15, -0.1) is 0 Å². The van der Waals surface area contributed by atoms with Gasteiger partial charge in [0.15, 0.2) is 0 Å². The predicted molar refractivity (Wildman–Crippen MR) is 160 cm³/mol. The Kier molecular flexibility index (Phi) is 8.89. The summed E-state index contributed by atoms with van der Waals surface area (Å²) >= 11 is 0. The Bertz CT molecular complexity index is 1530. The van der Waals surface area contributed by atoms with E-state index in [-0.39, 0.29) is 29.6 Å². The SMILES string of the molecule is COc1ccc(C2=N[C@H](C(C)C)CO2)cc1C1=C(CN2C(=O)O[C@H](c3cc(C(F)(F)F)cc(C(F)(F)F)c3)[C@@H]2C)CC(C)(C)CC1. The summed E-state index contributed by atoms with van der Waals surface area (Å²) in [5.74, 6) is 1.47. The summed E-state index contributed by atoms with van der Waals surface area (Å²) in [5, 5.41) is 0. The van der Waals surface area contributed by atoms with Gasteiger partial charge in [0, 0.05) is 17.7 Å². The van der Waals surface area contributed by atoms with E-state index in [1.54, 1.807) is 14.0 Å². The number of benzene rings is 2. The number of amides is 1. The highest BCUT2D eigenvalue weighted by molar-refractivity contribution is 5.96. The number of carbonyl (C=O) groups excluding carboxylic acids is 1. The minimum atomic E-state index is -5.02. The maximum absolute atomic E-state index is 13.6. The summed E-state index contributed by atoms with van der Waals surface area (Å²) in [6.07, 6.45) is -10.1. The van der Waals surface area contributed by atoms with E-state index < -0.39 is 41.7 Å². The fraction of sp³-hybridized carbons (Fsp3) is 0.529. The molecule has 0 spiro atoms. The molecule has 250 valence electrons. The molecule has 0 unspecified atom stereocenters. The van der Waals surface area contributed by atoms with E-state index in [4.69, 9.17) is 19.2 Å². The van der Waals surface area contributed by atoms with Crippen molar-refractivity contribution in [3.63, 3.8) is 0 Å². The van der Waals surface area contributed by atoms with E-state index in [9.17, 15) is 31.1 Å². The minimum absolute atomic E-state index is 0.0467. The third kappa shape index (κ3) is 6.85. The van der Waals surface area contributed by atoms with Gasteiger partial charge in [-0.25, -0.2) is 9.79 Å². The van der Waals surface area contributed by atoms with Crippen LogP contribution in [-0.2, 0) is 21.8 Å². The van der Waals surface area contributed by atoms with Crippen molar-refractivity contribution >= 4 is 17.6 Å². The summed E-state index contributed by atoms with van der Waals surface area (Å²) in [6, 6.07) is 6.19. The standard InChI is InChI=1S/C34H38F6N2O4/c1-18(2)27-17-45-30(41-27)20-7-8-28(44-6)26(13-20)25-9-10-32(4,5)15-22(25)16-42-19(3)29(46-31(42)43)21-11-23(33(35,36)37)14-24(12-21)34(38,39)40/h7-8,11-14,18-19,27,29H,9-10,15-17H2,1-6H3/t19-,27-,29-/m0/s1. The molecule has 2 aliphatic heterocycles. The average Bonchev–Trinajstić information content (AvgIpc) is 3.57. The molecule has 3 atom stereocenters. The maximum Gasteiger partial charge on any atom is 0.416 e. The summed E-state index contributed by atoms with van der Waals surface area (Å²) in [5.41, 5.74) is 0.0615. The molecule has 1 aliphatic carbocycles. The summed E-state index contributed by atoms with van der Waals surface area (Å²) < 4.78 is 98.6. The number of methoxy groups -OCH3 is 1. The van der Waals surface area contributed by atoms with E-state index in [0.29, 0.717) is 49.1 Å². The van der Waals surface area contributed by atoms with Gasteiger partial charge in [0.2, 0.25) is 5.90 Å². The lowest BCUT2D eigenvalue weighted by atomic mass is 9.72. The number of aliphatic imine (C=N–C) groups is 1. The van der Waals surface area contributed by atoms with Crippen LogP contribution >= 0.6 is 0 Å². The Labute approximate surface area is 264 Å². The quantitative estimate of drug-likeness (QED) is 0.280. The molecule has 1 saturated heterocycles. The van der Waals surface area contributed by atoms with Crippen LogP contribution in [0.4, 0.5) is 31.1 Å². The molecule has 0 aromatic heterocycles. The zero-order chi connectivity index (χ0) is 33.8. The molecule has 0 bridgehead atoms. The third-order valence-electron chi connectivity index (χ3n) is 9.08. The number of hydrogen-bond acceptors (Lipinski definition) is 5. The van der Waals surface area contributed by atoms with Gasteiger partial charge in [-0.3, -0.25) is 4.90 Å². The van der Waals surface area contributed by atoms with Gasteiger partial charge in [-0.2, -0.15) is 26.3 Å². The Morgan fingerprint density at radius 3 is 2.26 bits per heavy atom. The smallest absolute Gasteiger partial charge is 0.416 e. The second-order valence-corrected chi connectivity index (χ2v) is 13.4. The van der Waals surface area contributed by atoms with E-state index >= 15 is 0 Å². The van der Waals surface area contributed by atoms with Crippen LogP contribution in [0.1, 0.15) is 87.8 Å². The number of halogens is 6. The molecule has 2 aromatic carbocycles. The Morgan fingerprint density at radius 1 is 1.04 bits per heavy atom. The van der Waals surface area contributed by atoms with Gasteiger partial charge in [0.25, 0.3) is 0 Å². The number of hydrogen-bond donors (Lipinski definition) is 0. The minimum Gasteiger partial charge on any atom is -0.496 e. The first kappa shape index (κ1) is 33.7. The highest BCUT2D eigenvalue weighted by atomic mass is 19.4. The zero-order valence-electron chi connectivity index (χ0n) is 26.6. The summed E-state index contributed by atoms with van der Waals surface area (Å²) in [6.45, 7) is 10.5. The Morgan fingerprint density at radius 2 is 1.70 bits per heavy atom. The van der Waals surface area contributed by atoms with Crippen LogP contribution < -0.4 is 4.74 Å². The molecule has 5 rings (SSSR count). The van der Waals surface area contributed by atoms with Crippen molar-refractivity contribution in [1.82, 2.24) is 4.90 Å². The number of ether oxygens (including phenoxy) is 3. The molecular formula is C34H38F6N2O4. The van der Waals surface area contributed by atoms with Crippen molar-refractivity contribution in [2.45, 2.75) is 84.4 Å². The highest BCUT2D eigenvalue weighted by Crippen LogP contribution is 2.47. The van der Waals surface area contributed by atoms with Crippen molar-refractivity contribution in [3.05, 3.63) is 69.8 Å². The van der Waals surface area contributed by atoms with Crippen molar-refractivity contribution in [1.29, 1.82) is 0 Å². The summed E-state index contributed by atoms with van der Waals surface area (Å²) in [7, 11) is 1.57. The largest absolute Gasteiger partial charge is 0.496 e. The molecule has 2 aromatic rings. The Balaban J connectivity index is 1.52. The molecule has 6 nitrogen and oxygen atoms in total. The fourth-order valence-corrected chi connectivity index (χ4v) is 6.36. The molecule has 0 radical (unpaired) electrons. The van der Waals surface area contributed by atoms with Crippen LogP contribution in [0, 0.1) is 11.3 Å². The topological polar surface area (TPSA) is 60.4 Å². The number of rotatable bonds is 7. The first-order valence-corrected chi connectivity index (χ1v) is 15.2. The fourth-order valence-electron chi connectivity index (χ4n) is 6.36. The van der Waals surface area contributed by atoms with E-state index in [0.717, 1.165) is 28.7 Å². The molecule has 0 saturated carbocycles. The normalized spacial score (nSPS) is 23.5. The highest BCUT2D eigenvalue weighted by Gasteiger charge is 2.44. The molecule has 1 fully saturated rings. The van der Waals surface area contributed by atoms with Crippen molar-refractivity contribution in [2.75, 3.05) is 20.3 Å². The number of allylic oxidation sites excluding steroid dienone is 1. The number of cyclic esters (lactones) is 1. The summed E-state index contributed by atoms with van der Waals surface area (Å²) in [4.78, 5) is 19.4. The molecule has 12 heteroatoms. The van der Waals surface area contributed by atoms with Crippen LogP contribution in [-0.4, -0.2) is 49.2 Å². The second kappa shape index (κ2) is 12.2. The van der Waals surface area contributed by atoms with Crippen LogP contribution in [0.3, 0.4) is 0 Å². The van der Waals surface area contributed by atoms with E-state index in [1.807, 2.05) is 18.2 Å². The van der Waals surface area contributed by atoms with Crippen molar-refractivity contribution < 1.29 is 45.3 Å². The zero-order valence-corrected chi connectivity index (χ0v) is 26.6. The third-order valence-corrected chi connectivity index (χ3v) is 9.08. The first-order chi connectivity index (χ1) is 21.4. The number of alkyl halides is 6. The number of nitrogens with zero attached hydrogens (tertiary/aromatic N) is 2. The molecule has 46 heavy (non-hydrogen) atoms. The molecule has 2 heterocycles. The second-order valence-electron chi connectivity index (χ2n) is 13.4. The average molecular weight is 653 g/mol. The van der Waals surface area contributed by atoms with Gasteiger partial charge in [0.05, 0.1) is 30.3 Å². The van der Waals surface area contributed by atoms with E-state index in [2.05, 4.69) is 27.7 Å². The van der Waals surface area contributed by atoms with Gasteiger partial charge in [0.1, 0.15) is 18.5 Å². The van der Waals surface area contributed by atoms with Crippen LogP contribution in [0.15, 0.2) is 47.0 Å². The monoisotopic (exact) mass is 652 g/mol. The first-order valence-electron chi connectivity index (χ1n) is 15.2.